The van der Waals surface area contributed by atoms with E-state index in [0.29, 0.717) is 13.1 Å². The second-order valence-corrected chi connectivity index (χ2v) is 8.26. The summed E-state index contributed by atoms with van der Waals surface area (Å²) in [4.78, 5) is 15.7. The number of rotatable bonds is 5. The molecular weight excluding hydrogens is 354 g/mol. The van der Waals surface area contributed by atoms with E-state index in [1.54, 1.807) is 0 Å². The molecule has 1 saturated heterocycles. The molecule has 1 aromatic heterocycles. The quantitative estimate of drug-likeness (QED) is 0.248. The number of ether oxygens (including phenoxy) is 1. The van der Waals surface area contributed by atoms with Crippen LogP contribution < -0.4 is 14.9 Å². The van der Waals surface area contributed by atoms with E-state index < -0.39 is 34.0 Å². The number of sulfonamides is 1. The Bertz CT molecular complexity index is 772. The molecule has 0 atom stereocenters. The van der Waals surface area contributed by atoms with E-state index in [1.165, 1.54) is 28.5 Å². The number of esters is 1. The Morgan fingerprint density at radius 2 is 2.20 bits per heavy atom. The first kappa shape index (κ1) is 19.1. The van der Waals surface area contributed by atoms with Crippen molar-refractivity contribution in [3.63, 3.8) is 0 Å². The fourth-order valence-electron chi connectivity index (χ4n) is 2.48. The fraction of sp³-hybridized carbons (Fsp3) is 0.692. The molecule has 0 radical (unpaired) electrons. The molecule has 2 rings (SSSR count). The fourth-order valence-corrected chi connectivity index (χ4v) is 3.44. The summed E-state index contributed by atoms with van der Waals surface area (Å²) in [6.07, 6.45) is 2.58. The molecule has 1 aromatic rings. The van der Waals surface area contributed by atoms with Crippen molar-refractivity contribution in [3.8, 4) is 0 Å². The van der Waals surface area contributed by atoms with Crippen molar-refractivity contribution in [1.29, 1.82) is 0 Å². The average molecular weight is 375 g/mol. The van der Waals surface area contributed by atoms with Gasteiger partial charge in [-0.1, -0.05) is 0 Å². The molecule has 0 saturated carbocycles. The Balaban J connectivity index is 2.12. The largest absolute Gasteiger partial charge is 0.859 e. The van der Waals surface area contributed by atoms with Gasteiger partial charge in [0.15, 0.2) is 0 Å². The van der Waals surface area contributed by atoms with E-state index in [2.05, 4.69) is 15.0 Å². The zero-order chi connectivity index (χ0) is 18.8. The number of nitrogens with zero attached hydrogens (tertiary/aromatic N) is 5. The molecule has 0 unspecified atom stereocenters. The first-order valence-corrected chi connectivity index (χ1v) is 9.33. The van der Waals surface area contributed by atoms with Crippen molar-refractivity contribution in [2.24, 2.45) is 4.99 Å². The van der Waals surface area contributed by atoms with Gasteiger partial charge in [-0.3, -0.25) is 9.32 Å². The maximum Gasteiger partial charge on any atom is 0.324 e. The van der Waals surface area contributed by atoms with Crippen LogP contribution in [0.5, 0.6) is 0 Å². The molecular formula is C13H21N5O6S. The van der Waals surface area contributed by atoms with Gasteiger partial charge in [-0.05, 0) is 13.8 Å². The van der Waals surface area contributed by atoms with E-state index in [-0.39, 0.29) is 12.4 Å². The van der Waals surface area contributed by atoms with Gasteiger partial charge in [0.25, 0.3) is 6.20 Å². The highest BCUT2D eigenvalue weighted by atomic mass is 32.2. The van der Waals surface area contributed by atoms with Crippen LogP contribution in [0.25, 0.3) is 0 Å². The number of hydrogen-bond acceptors (Lipinski definition) is 9. The highest BCUT2D eigenvalue weighted by Crippen LogP contribution is 2.19. The van der Waals surface area contributed by atoms with Crippen molar-refractivity contribution in [1.82, 2.24) is 9.58 Å². The van der Waals surface area contributed by atoms with Gasteiger partial charge in [0.05, 0.1) is 17.6 Å². The normalized spacial score (nSPS) is 19.0. The highest BCUT2D eigenvalue weighted by molar-refractivity contribution is 7.88. The maximum atomic E-state index is 11.7. The first-order valence-electron chi connectivity index (χ1n) is 7.49. The van der Waals surface area contributed by atoms with E-state index in [0.717, 1.165) is 0 Å². The summed E-state index contributed by atoms with van der Waals surface area (Å²) in [5, 5.41) is 17.2. The third kappa shape index (κ3) is 4.89. The number of hydrogen-bond donors (Lipinski definition) is 0. The highest BCUT2D eigenvalue weighted by Gasteiger charge is 2.43. The molecule has 12 heteroatoms. The van der Waals surface area contributed by atoms with Crippen LogP contribution in [0.1, 0.15) is 20.8 Å². The molecule has 1 aliphatic rings. The number of piperazine rings is 1. The minimum Gasteiger partial charge on any atom is -0.859 e. The van der Waals surface area contributed by atoms with Gasteiger partial charge in [-0.2, -0.15) is 4.31 Å². The third-order valence-corrected chi connectivity index (χ3v) is 4.87. The summed E-state index contributed by atoms with van der Waals surface area (Å²) in [5.41, 5.74) is -0.554. The van der Waals surface area contributed by atoms with Crippen LogP contribution in [-0.4, -0.2) is 67.9 Å². The van der Waals surface area contributed by atoms with Crippen molar-refractivity contribution >= 4 is 27.8 Å². The summed E-state index contributed by atoms with van der Waals surface area (Å²) >= 11 is 0. The van der Waals surface area contributed by atoms with Crippen LogP contribution >= 0.6 is 0 Å². The van der Waals surface area contributed by atoms with Crippen LogP contribution in [0.3, 0.4) is 0 Å². The molecule has 0 spiro atoms. The second kappa shape index (κ2) is 6.96. The summed E-state index contributed by atoms with van der Waals surface area (Å²) in [5.74, 6) is -1.31. The third-order valence-electron chi connectivity index (χ3n) is 3.62. The Kier molecular flexibility index (Phi) is 5.32. The van der Waals surface area contributed by atoms with Crippen LogP contribution in [0, 0.1) is 0 Å². The lowest BCUT2D eigenvalue weighted by Crippen LogP contribution is -2.74. The molecule has 25 heavy (non-hydrogen) atoms. The van der Waals surface area contributed by atoms with Crippen molar-refractivity contribution < 1.29 is 32.4 Å². The topological polar surface area (TPSA) is 132 Å². The lowest BCUT2D eigenvalue weighted by molar-refractivity contribution is -0.766. The summed E-state index contributed by atoms with van der Waals surface area (Å²) in [6.45, 7) is 5.42. The van der Waals surface area contributed by atoms with Crippen LogP contribution in [-0.2, 0) is 19.6 Å². The lowest BCUT2D eigenvalue weighted by atomic mass is 10.0. The first-order chi connectivity index (χ1) is 11.5. The Labute approximate surface area is 145 Å². The maximum absolute atomic E-state index is 11.7. The summed E-state index contributed by atoms with van der Waals surface area (Å²) in [7, 11) is -3.28. The number of carbonyl (C=O) groups is 1. The lowest BCUT2D eigenvalue weighted by Gasteiger charge is -2.40. The molecule has 140 valence electrons. The Hall–Kier alpha value is -2.21. The van der Waals surface area contributed by atoms with Crippen LogP contribution in [0.2, 0.25) is 0 Å². The van der Waals surface area contributed by atoms with E-state index >= 15 is 0 Å². The zero-order valence-electron chi connectivity index (χ0n) is 14.5. The molecule has 0 aromatic carbocycles. The number of aliphatic imine (C=N–C) groups is 1. The van der Waals surface area contributed by atoms with Gasteiger partial charge in [0.1, 0.15) is 12.1 Å². The van der Waals surface area contributed by atoms with E-state index in [4.69, 9.17) is 4.52 Å². The molecule has 1 fully saturated rings. The van der Waals surface area contributed by atoms with E-state index in [1.807, 2.05) is 18.9 Å². The van der Waals surface area contributed by atoms with Crippen molar-refractivity contribution in [2.45, 2.75) is 26.3 Å². The SMILES string of the molecule is CC(=O)OCC([O-])=Nc1c[n+](N2CCN(S(C)(=O)=O)CC2(C)C)no1. The summed E-state index contributed by atoms with van der Waals surface area (Å²) in [6, 6.07) is 0. The second-order valence-electron chi connectivity index (χ2n) is 6.28. The molecule has 0 N–H and O–H groups in total. The molecule has 2 heterocycles. The van der Waals surface area contributed by atoms with Crippen LogP contribution in [0.4, 0.5) is 5.88 Å². The summed E-state index contributed by atoms with van der Waals surface area (Å²) < 4.78 is 34.4. The molecule has 1 aliphatic heterocycles. The van der Waals surface area contributed by atoms with Gasteiger partial charge < -0.3 is 9.84 Å². The van der Waals surface area contributed by atoms with E-state index in [9.17, 15) is 18.3 Å². The van der Waals surface area contributed by atoms with Gasteiger partial charge in [0, 0.05) is 25.9 Å². The zero-order valence-corrected chi connectivity index (χ0v) is 15.3. The van der Waals surface area contributed by atoms with Gasteiger partial charge in [-0.25, -0.2) is 13.4 Å². The number of carbonyl (C=O) groups excluding carboxylic acids is 1. The number of aromatic nitrogens is 2. The predicted molar refractivity (Wildman–Crippen MR) is 84.0 cm³/mol. The van der Waals surface area contributed by atoms with Gasteiger partial charge >= 0.3 is 11.9 Å². The van der Waals surface area contributed by atoms with Gasteiger partial charge in [-0.15, -0.1) is 5.01 Å². The van der Waals surface area contributed by atoms with Crippen molar-refractivity contribution in [2.75, 3.05) is 37.5 Å². The minimum absolute atomic E-state index is 0.0431. The smallest absolute Gasteiger partial charge is 0.324 e. The van der Waals surface area contributed by atoms with Gasteiger partial charge in [0.2, 0.25) is 15.3 Å². The van der Waals surface area contributed by atoms with Crippen molar-refractivity contribution in [3.05, 3.63) is 6.20 Å². The van der Waals surface area contributed by atoms with Crippen LogP contribution in [0.15, 0.2) is 15.7 Å². The monoisotopic (exact) mass is 375 g/mol. The molecule has 0 aliphatic carbocycles. The Morgan fingerprint density at radius 3 is 2.76 bits per heavy atom. The molecule has 0 amide bonds. The predicted octanol–water partition coefficient (Wildman–Crippen LogP) is -2.09. The standard InChI is InChI=1S/C13H21N5O6S/c1-10(19)23-8-11(20)14-12-7-18(15-24-12)17-6-5-16(25(4,21)22)9-13(17,2)3/h7H,5-6,8-9H2,1-4H3. The molecule has 11 nitrogen and oxygen atoms in total. The average Bonchev–Trinajstić information content (AvgIpc) is 2.91. The minimum atomic E-state index is -3.28. The Morgan fingerprint density at radius 1 is 1.52 bits per heavy atom. The molecule has 0 bridgehead atoms.